The summed E-state index contributed by atoms with van der Waals surface area (Å²) in [6, 6.07) is 12.9. The summed E-state index contributed by atoms with van der Waals surface area (Å²) >= 11 is 0. The standard InChI is InChI=1S/C22H24N4O5S/c1-14-5-10-19(20(11-14)30-4)31-13-21(27)25-17-6-8-18(9-7-17)32(28,29)26-22-23-15(2)12-16(3)24-22/h5-12H,13H2,1-4H3,(H,25,27)(H,23,24,26). The largest absolute Gasteiger partial charge is 0.493 e. The molecule has 168 valence electrons. The number of hydrogen-bond acceptors (Lipinski definition) is 7. The van der Waals surface area contributed by atoms with Crippen LogP contribution in [0, 0.1) is 20.8 Å². The Morgan fingerprint density at radius 3 is 2.22 bits per heavy atom. The van der Waals surface area contributed by atoms with Gasteiger partial charge < -0.3 is 14.8 Å². The molecule has 0 radical (unpaired) electrons. The van der Waals surface area contributed by atoms with E-state index in [9.17, 15) is 13.2 Å². The first-order chi connectivity index (χ1) is 15.2. The number of benzene rings is 2. The molecule has 0 spiro atoms. The number of nitrogens with zero attached hydrogens (tertiary/aromatic N) is 2. The van der Waals surface area contributed by atoms with Crippen molar-refractivity contribution in [3.05, 3.63) is 65.5 Å². The van der Waals surface area contributed by atoms with Crippen LogP contribution in [0.4, 0.5) is 11.6 Å². The summed E-state index contributed by atoms with van der Waals surface area (Å²) in [6.45, 7) is 5.20. The van der Waals surface area contributed by atoms with E-state index < -0.39 is 15.9 Å². The topological polar surface area (TPSA) is 120 Å². The van der Waals surface area contributed by atoms with Crippen molar-refractivity contribution in [1.82, 2.24) is 9.97 Å². The molecule has 0 atom stereocenters. The van der Waals surface area contributed by atoms with Crippen molar-refractivity contribution in [3.63, 3.8) is 0 Å². The van der Waals surface area contributed by atoms with E-state index in [4.69, 9.17) is 9.47 Å². The lowest BCUT2D eigenvalue weighted by Gasteiger charge is -2.12. The molecular weight excluding hydrogens is 432 g/mol. The molecule has 0 aliphatic carbocycles. The number of nitrogens with one attached hydrogen (secondary N) is 2. The van der Waals surface area contributed by atoms with Gasteiger partial charge in [-0.15, -0.1) is 0 Å². The zero-order valence-corrected chi connectivity index (χ0v) is 19.0. The van der Waals surface area contributed by atoms with Gasteiger partial charge in [-0.05, 0) is 68.8 Å². The van der Waals surface area contributed by atoms with Gasteiger partial charge in [0.25, 0.3) is 15.9 Å². The number of anilines is 2. The number of rotatable bonds is 8. The number of aryl methyl sites for hydroxylation is 3. The van der Waals surface area contributed by atoms with Gasteiger partial charge in [-0.3, -0.25) is 4.79 Å². The second kappa shape index (κ2) is 9.65. The number of amides is 1. The zero-order valence-electron chi connectivity index (χ0n) is 18.2. The van der Waals surface area contributed by atoms with Crippen LogP contribution in [-0.4, -0.2) is 38.0 Å². The molecule has 3 aromatic rings. The Morgan fingerprint density at radius 1 is 0.938 bits per heavy atom. The summed E-state index contributed by atoms with van der Waals surface area (Å²) in [5.41, 5.74) is 2.74. The smallest absolute Gasteiger partial charge is 0.264 e. The Bertz CT molecular complexity index is 1210. The lowest BCUT2D eigenvalue weighted by Crippen LogP contribution is -2.20. The van der Waals surface area contributed by atoms with Gasteiger partial charge in [-0.2, -0.15) is 0 Å². The minimum absolute atomic E-state index is 0.00330. The molecule has 1 heterocycles. The molecule has 0 saturated heterocycles. The average Bonchev–Trinajstić information content (AvgIpc) is 2.72. The third-order valence-corrected chi connectivity index (χ3v) is 5.68. The number of aromatic nitrogens is 2. The molecule has 0 bridgehead atoms. The molecule has 3 rings (SSSR count). The van der Waals surface area contributed by atoms with Crippen molar-refractivity contribution in [2.24, 2.45) is 0 Å². The van der Waals surface area contributed by atoms with E-state index in [1.807, 2.05) is 19.1 Å². The second-order valence-electron chi connectivity index (χ2n) is 7.10. The van der Waals surface area contributed by atoms with Crippen LogP contribution in [-0.2, 0) is 14.8 Å². The molecule has 0 unspecified atom stereocenters. The molecular formula is C22H24N4O5S. The lowest BCUT2D eigenvalue weighted by atomic mass is 10.2. The molecule has 2 N–H and O–H groups in total. The van der Waals surface area contributed by atoms with Gasteiger partial charge >= 0.3 is 0 Å². The van der Waals surface area contributed by atoms with Gasteiger partial charge in [0.2, 0.25) is 5.95 Å². The minimum atomic E-state index is -3.88. The van der Waals surface area contributed by atoms with E-state index in [1.165, 1.54) is 31.4 Å². The molecule has 0 aliphatic heterocycles. The van der Waals surface area contributed by atoms with Gasteiger partial charge in [-0.1, -0.05) is 6.07 Å². The van der Waals surface area contributed by atoms with Crippen molar-refractivity contribution < 1.29 is 22.7 Å². The third kappa shape index (κ3) is 5.94. The maximum Gasteiger partial charge on any atom is 0.264 e. The minimum Gasteiger partial charge on any atom is -0.493 e. The van der Waals surface area contributed by atoms with Crippen LogP contribution in [0.5, 0.6) is 11.5 Å². The summed E-state index contributed by atoms with van der Waals surface area (Å²) in [5, 5.41) is 2.66. The van der Waals surface area contributed by atoms with Crippen LogP contribution in [0.25, 0.3) is 0 Å². The quantitative estimate of drug-likeness (QED) is 0.534. The number of carbonyl (C=O) groups is 1. The summed E-state index contributed by atoms with van der Waals surface area (Å²) in [4.78, 5) is 20.4. The maximum atomic E-state index is 12.6. The molecule has 0 aliphatic rings. The van der Waals surface area contributed by atoms with E-state index in [0.29, 0.717) is 28.6 Å². The normalized spacial score (nSPS) is 11.0. The fraction of sp³-hybridized carbons (Fsp3) is 0.227. The highest BCUT2D eigenvalue weighted by Crippen LogP contribution is 2.27. The molecule has 0 saturated carbocycles. The van der Waals surface area contributed by atoms with E-state index >= 15 is 0 Å². The van der Waals surface area contributed by atoms with Crippen molar-refractivity contribution in [3.8, 4) is 11.5 Å². The highest BCUT2D eigenvalue weighted by Gasteiger charge is 2.16. The molecule has 10 heteroatoms. The van der Waals surface area contributed by atoms with Crippen LogP contribution in [0.3, 0.4) is 0 Å². The van der Waals surface area contributed by atoms with Crippen molar-refractivity contribution in [2.45, 2.75) is 25.7 Å². The van der Waals surface area contributed by atoms with E-state index in [-0.39, 0.29) is 17.5 Å². The SMILES string of the molecule is COc1cc(C)ccc1OCC(=O)Nc1ccc(S(=O)(=O)Nc2nc(C)cc(C)n2)cc1. The molecule has 2 aromatic carbocycles. The first-order valence-electron chi connectivity index (χ1n) is 9.69. The molecule has 1 aromatic heterocycles. The first kappa shape index (κ1) is 23.0. The van der Waals surface area contributed by atoms with Gasteiger partial charge in [-0.25, -0.2) is 23.1 Å². The monoisotopic (exact) mass is 456 g/mol. The predicted octanol–water partition coefficient (Wildman–Crippen LogP) is 3.23. The Morgan fingerprint density at radius 2 is 1.59 bits per heavy atom. The van der Waals surface area contributed by atoms with Gasteiger partial charge in [0.05, 0.1) is 12.0 Å². The van der Waals surface area contributed by atoms with Crippen LogP contribution in [0.2, 0.25) is 0 Å². The number of sulfonamides is 1. The van der Waals surface area contributed by atoms with Gasteiger partial charge in [0.1, 0.15) is 0 Å². The van der Waals surface area contributed by atoms with E-state index in [0.717, 1.165) is 5.56 Å². The Kier molecular flexibility index (Phi) is 6.94. The Balaban J connectivity index is 1.62. The van der Waals surface area contributed by atoms with Crippen LogP contribution in [0.1, 0.15) is 17.0 Å². The van der Waals surface area contributed by atoms with Crippen molar-refractivity contribution in [1.29, 1.82) is 0 Å². The molecule has 1 amide bonds. The molecule has 0 fully saturated rings. The highest BCUT2D eigenvalue weighted by atomic mass is 32.2. The predicted molar refractivity (Wildman–Crippen MR) is 121 cm³/mol. The number of ether oxygens (including phenoxy) is 2. The van der Waals surface area contributed by atoms with Crippen LogP contribution >= 0.6 is 0 Å². The van der Waals surface area contributed by atoms with Crippen molar-refractivity contribution >= 4 is 27.6 Å². The summed E-state index contributed by atoms with van der Waals surface area (Å²) < 4.78 is 38.3. The molecule has 32 heavy (non-hydrogen) atoms. The number of carbonyl (C=O) groups excluding carboxylic acids is 1. The van der Waals surface area contributed by atoms with Crippen LogP contribution < -0.4 is 19.5 Å². The van der Waals surface area contributed by atoms with Crippen LogP contribution in [0.15, 0.2) is 53.4 Å². The fourth-order valence-electron chi connectivity index (χ4n) is 2.90. The van der Waals surface area contributed by atoms with E-state index in [2.05, 4.69) is 20.0 Å². The highest BCUT2D eigenvalue weighted by molar-refractivity contribution is 7.92. The summed E-state index contributed by atoms with van der Waals surface area (Å²) in [7, 11) is -2.35. The fourth-order valence-corrected chi connectivity index (χ4v) is 3.85. The summed E-state index contributed by atoms with van der Waals surface area (Å²) in [6.07, 6.45) is 0. The second-order valence-corrected chi connectivity index (χ2v) is 8.78. The average molecular weight is 457 g/mol. The van der Waals surface area contributed by atoms with E-state index in [1.54, 1.807) is 26.0 Å². The third-order valence-electron chi connectivity index (χ3n) is 4.33. The van der Waals surface area contributed by atoms with Gasteiger partial charge in [0.15, 0.2) is 18.1 Å². The molecule has 9 nitrogen and oxygen atoms in total. The number of methoxy groups -OCH3 is 1. The Hall–Kier alpha value is -3.66. The zero-order chi connectivity index (χ0) is 23.3. The van der Waals surface area contributed by atoms with Crippen molar-refractivity contribution in [2.75, 3.05) is 23.8 Å². The van der Waals surface area contributed by atoms with Gasteiger partial charge in [0, 0.05) is 17.1 Å². The summed E-state index contributed by atoms with van der Waals surface area (Å²) in [5.74, 6) is 0.593. The number of hydrogen-bond donors (Lipinski definition) is 2. The first-order valence-corrected chi connectivity index (χ1v) is 11.2. The lowest BCUT2D eigenvalue weighted by molar-refractivity contribution is -0.118. The Labute approximate surface area is 186 Å². The maximum absolute atomic E-state index is 12.6.